The molecule has 2 rings (SSSR count). The fourth-order valence-corrected chi connectivity index (χ4v) is 2.72. The minimum atomic E-state index is -0.448. The van der Waals surface area contributed by atoms with Crippen LogP contribution in [0.1, 0.15) is 13.8 Å². The van der Waals surface area contributed by atoms with Crippen molar-refractivity contribution in [2.45, 2.75) is 30.9 Å². The van der Waals surface area contributed by atoms with E-state index < -0.39 is 6.10 Å². The van der Waals surface area contributed by atoms with Crippen molar-refractivity contribution in [2.24, 2.45) is 0 Å². The van der Waals surface area contributed by atoms with Crippen LogP contribution in [-0.2, 0) is 4.79 Å². The standard InChI is InChI=1S/C15H22N2O2S.ClH/c1-11-10-16-8-9-17(11)15(18)12(2)19-13-4-6-14(20-3)7-5-13;/h4-7,11-12,16H,8-10H2,1-3H3;1H/t11-,12?;/m0./s1. The second-order valence-electron chi connectivity index (χ2n) is 5.02. The van der Waals surface area contributed by atoms with Crippen LogP contribution in [0.25, 0.3) is 0 Å². The molecule has 0 bridgehead atoms. The van der Waals surface area contributed by atoms with Gasteiger partial charge in [-0.1, -0.05) is 0 Å². The Kier molecular flexibility index (Phi) is 7.35. The molecule has 0 radical (unpaired) electrons. The van der Waals surface area contributed by atoms with Gasteiger partial charge in [0.25, 0.3) is 5.91 Å². The van der Waals surface area contributed by atoms with Crippen molar-refractivity contribution >= 4 is 30.1 Å². The highest BCUT2D eigenvalue weighted by Crippen LogP contribution is 2.20. The molecule has 0 spiro atoms. The molecule has 118 valence electrons. The molecule has 1 fully saturated rings. The van der Waals surface area contributed by atoms with Gasteiger partial charge in [-0.15, -0.1) is 24.2 Å². The SMILES string of the molecule is CSc1ccc(OC(C)C(=O)N2CCNC[C@@H]2C)cc1.Cl. The Labute approximate surface area is 137 Å². The average Bonchev–Trinajstić information content (AvgIpc) is 2.48. The number of ether oxygens (including phenoxy) is 1. The first kappa shape index (κ1) is 18.1. The lowest BCUT2D eigenvalue weighted by molar-refractivity contribution is -0.140. The number of thioether (sulfide) groups is 1. The van der Waals surface area contributed by atoms with Crippen LogP contribution in [0, 0.1) is 0 Å². The normalized spacial score (nSPS) is 19.6. The molecule has 1 unspecified atom stereocenters. The van der Waals surface area contributed by atoms with E-state index in [2.05, 4.69) is 12.2 Å². The highest BCUT2D eigenvalue weighted by Gasteiger charge is 2.27. The summed E-state index contributed by atoms with van der Waals surface area (Å²) in [5.41, 5.74) is 0. The Morgan fingerprint density at radius 3 is 2.67 bits per heavy atom. The molecule has 1 aromatic rings. The predicted octanol–water partition coefficient (Wildman–Crippen LogP) is 2.42. The fraction of sp³-hybridized carbons (Fsp3) is 0.533. The van der Waals surface area contributed by atoms with Crippen LogP contribution in [0.4, 0.5) is 0 Å². The number of carbonyl (C=O) groups is 1. The van der Waals surface area contributed by atoms with Crippen LogP contribution in [0.5, 0.6) is 5.75 Å². The third kappa shape index (κ3) is 4.80. The largest absolute Gasteiger partial charge is 0.481 e. The molecular weight excluding hydrogens is 308 g/mol. The zero-order valence-corrected chi connectivity index (χ0v) is 14.3. The molecule has 1 heterocycles. The van der Waals surface area contributed by atoms with E-state index in [1.807, 2.05) is 42.3 Å². The van der Waals surface area contributed by atoms with Crippen LogP contribution in [-0.4, -0.2) is 48.8 Å². The summed E-state index contributed by atoms with van der Waals surface area (Å²) in [6.07, 6.45) is 1.59. The smallest absolute Gasteiger partial charge is 0.263 e. The maximum atomic E-state index is 12.4. The van der Waals surface area contributed by atoms with Gasteiger partial charge >= 0.3 is 0 Å². The highest BCUT2D eigenvalue weighted by atomic mass is 35.5. The summed E-state index contributed by atoms with van der Waals surface area (Å²) in [6, 6.07) is 8.06. The van der Waals surface area contributed by atoms with Crippen molar-refractivity contribution in [3.63, 3.8) is 0 Å². The molecule has 1 amide bonds. The summed E-state index contributed by atoms with van der Waals surface area (Å²) >= 11 is 1.69. The van der Waals surface area contributed by atoms with Crippen molar-refractivity contribution in [1.29, 1.82) is 0 Å². The molecule has 6 heteroatoms. The molecule has 1 saturated heterocycles. The number of hydrogen-bond donors (Lipinski definition) is 1. The molecular formula is C15H23ClN2O2S. The molecule has 1 aromatic carbocycles. The average molecular weight is 331 g/mol. The summed E-state index contributed by atoms with van der Waals surface area (Å²) < 4.78 is 5.76. The molecule has 1 aliphatic rings. The van der Waals surface area contributed by atoms with E-state index in [4.69, 9.17) is 4.74 Å². The van der Waals surface area contributed by atoms with Crippen LogP contribution < -0.4 is 10.1 Å². The first-order valence-electron chi connectivity index (χ1n) is 6.93. The molecule has 21 heavy (non-hydrogen) atoms. The Balaban J connectivity index is 0.00000220. The maximum absolute atomic E-state index is 12.4. The van der Waals surface area contributed by atoms with Crippen LogP contribution in [0.15, 0.2) is 29.2 Å². The lowest BCUT2D eigenvalue weighted by Crippen LogP contribution is -2.55. The summed E-state index contributed by atoms with van der Waals surface area (Å²) in [7, 11) is 0. The molecule has 0 aliphatic carbocycles. The molecule has 0 aromatic heterocycles. The topological polar surface area (TPSA) is 41.6 Å². The lowest BCUT2D eigenvalue weighted by atomic mass is 10.2. The Bertz CT molecular complexity index is 455. The fourth-order valence-electron chi connectivity index (χ4n) is 2.31. The van der Waals surface area contributed by atoms with E-state index in [9.17, 15) is 4.79 Å². The molecule has 1 aliphatic heterocycles. The molecule has 1 N–H and O–H groups in total. The van der Waals surface area contributed by atoms with Gasteiger partial charge in [0.2, 0.25) is 0 Å². The summed E-state index contributed by atoms with van der Waals surface area (Å²) in [6.45, 7) is 6.33. The van der Waals surface area contributed by atoms with Gasteiger partial charge in [0, 0.05) is 30.6 Å². The Hall–Kier alpha value is -0.910. The first-order valence-corrected chi connectivity index (χ1v) is 8.16. The third-order valence-electron chi connectivity index (χ3n) is 3.50. The van der Waals surface area contributed by atoms with Gasteiger partial charge in [-0.25, -0.2) is 0 Å². The minimum absolute atomic E-state index is 0. The van der Waals surface area contributed by atoms with E-state index in [0.29, 0.717) is 0 Å². The third-order valence-corrected chi connectivity index (χ3v) is 4.25. The van der Waals surface area contributed by atoms with Crippen LogP contribution in [0.3, 0.4) is 0 Å². The van der Waals surface area contributed by atoms with Gasteiger partial charge in [-0.3, -0.25) is 4.79 Å². The summed E-state index contributed by atoms with van der Waals surface area (Å²) in [4.78, 5) is 15.5. The number of nitrogens with zero attached hydrogens (tertiary/aromatic N) is 1. The number of rotatable bonds is 4. The number of hydrogen-bond acceptors (Lipinski definition) is 4. The van der Waals surface area contributed by atoms with Gasteiger partial charge in [-0.2, -0.15) is 0 Å². The van der Waals surface area contributed by atoms with Crippen LogP contribution >= 0.6 is 24.2 Å². The minimum Gasteiger partial charge on any atom is -0.481 e. The van der Waals surface area contributed by atoms with E-state index in [1.54, 1.807) is 11.8 Å². The van der Waals surface area contributed by atoms with E-state index in [-0.39, 0.29) is 24.4 Å². The maximum Gasteiger partial charge on any atom is 0.263 e. The van der Waals surface area contributed by atoms with Crippen molar-refractivity contribution in [3.05, 3.63) is 24.3 Å². The van der Waals surface area contributed by atoms with Crippen molar-refractivity contribution in [3.8, 4) is 5.75 Å². The Morgan fingerprint density at radius 2 is 2.10 bits per heavy atom. The van der Waals surface area contributed by atoms with E-state index in [1.165, 1.54) is 4.90 Å². The number of halogens is 1. The second-order valence-corrected chi connectivity index (χ2v) is 5.90. The molecule has 4 nitrogen and oxygen atoms in total. The van der Waals surface area contributed by atoms with Crippen LogP contribution in [0.2, 0.25) is 0 Å². The first-order chi connectivity index (χ1) is 9.61. The van der Waals surface area contributed by atoms with Gasteiger partial charge < -0.3 is 15.0 Å². The quantitative estimate of drug-likeness (QED) is 0.861. The van der Waals surface area contributed by atoms with E-state index >= 15 is 0 Å². The lowest BCUT2D eigenvalue weighted by Gasteiger charge is -2.35. The number of piperazine rings is 1. The van der Waals surface area contributed by atoms with Crippen molar-refractivity contribution in [2.75, 3.05) is 25.9 Å². The monoisotopic (exact) mass is 330 g/mol. The highest BCUT2D eigenvalue weighted by molar-refractivity contribution is 7.98. The summed E-state index contributed by atoms with van der Waals surface area (Å²) in [5.74, 6) is 0.805. The number of amides is 1. The van der Waals surface area contributed by atoms with Crippen molar-refractivity contribution < 1.29 is 9.53 Å². The van der Waals surface area contributed by atoms with Crippen molar-refractivity contribution in [1.82, 2.24) is 10.2 Å². The predicted molar refractivity (Wildman–Crippen MR) is 89.6 cm³/mol. The van der Waals surface area contributed by atoms with Gasteiger partial charge in [0.1, 0.15) is 5.75 Å². The zero-order chi connectivity index (χ0) is 14.5. The van der Waals surface area contributed by atoms with Gasteiger partial charge in [0.05, 0.1) is 0 Å². The number of benzene rings is 1. The van der Waals surface area contributed by atoms with E-state index in [0.717, 1.165) is 25.4 Å². The van der Waals surface area contributed by atoms with Gasteiger partial charge in [-0.05, 0) is 44.4 Å². The Morgan fingerprint density at radius 1 is 1.43 bits per heavy atom. The molecule has 2 atom stereocenters. The number of nitrogens with one attached hydrogen (secondary N) is 1. The summed E-state index contributed by atoms with van der Waals surface area (Å²) in [5, 5.41) is 3.28. The molecule has 0 saturated carbocycles. The zero-order valence-electron chi connectivity index (χ0n) is 12.7. The number of carbonyl (C=O) groups excluding carboxylic acids is 1. The second kappa shape index (κ2) is 8.51. The van der Waals surface area contributed by atoms with Gasteiger partial charge in [0.15, 0.2) is 6.10 Å².